The molecule has 0 spiro atoms. The summed E-state index contributed by atoms with van der Waals surface area (Å²) in [4.78, 5) is 11.4. The number of hydrogen-bond donors (Lipinski definition) is 0. The van der Waals surface area contributed by atoms with E-state index in [-0.39, 0.29) is 11.4 Å². The third-order valence-corrected chi connectivity index (χ3v) is 3.97. The van der Waals surface area contributed by atoms with Crippen molar-refractivity contribution in [3.8, 4) is 21.8 Å². The Morgan fingerprint density at radius 1 is 1.00 bits per heavy atom. The van der Waals surface area contributed by atoms with Crippen molar-refractivity contribution in [1.29, 1.82) is 0 Å². The van der Waals surface area contributed by atoms with Crippen LogP contribution in [0.3, 0.4) is 0 Å². The van der Waals surface area contributed by atoms with Gasteiger partial charge in [-0.15, -0.1) is 11.3 Å². The van der Waals surface area contributed by atoms with Crippen molar-refractivity contribution in [2.75, 3.05) is 0 Å². The third kappa shape index (κ3) is 2.36. The molecule has 0 fully saturated rings. The maximum absolute atomic E-state index is 12.6. The molecule has 5 nitrogen and oxygen atoms in total. The molecule has 3 rings (SSSR count). The van der Waals surface area contributed by atoms with Crippen LogP contribution in [0.1, 0.15) is 0 Å². The molecule has 0 bridgehead atoms. The molecule has 104 valence electrons. The molecular weight excluding hydrogens is 288 g/mol. The minimum atomic E-state index is -0.533. The Labute approximate surface area is 124 Å². The van der Waals surface area contributed by atoms with Crippen molar-refractivity contribution < 1.29 is 9.65 Å². The normalized spacial score (nSPS) is 10.5. The van der Waals surface area contributed by atoms with Gasteiger partial charge in [-0.05, 0) is 23.6 Å². The number of nitrogens with zero attached hydrogens (tertiary/aromatic N) is 2. The van der Waals surface area contributed by atoms with Gasteiger partial charge >= 0.3 is 11.4 Å². The predicted molar refractivity (Wildman–Crippen MR) is 80.8 cm³/mol. The first-order valence-electron chi connectivity index (χ1n) is 6.19. The molecule has 2 aromatic heterocycles. The highest BCUT2D eigenvalue weighted by Crippen LogP contribution is 2.30. The first kappa shape index (κ1) is 13.3. The van der Waals surface area contributed by atoms with E-state index in [1.165, 1.54) is 23.5 Å². The summed E-state index contributed by atoms with van der Waals surface area (Å²) in [6.07, 6.45) is 0. The minimum absolute atomic E-state index is 0.0616. The molecule has 0 aliphatic heterocycles. The van der Waals surface area contributed by atoms with Crippen LogP contribution in [0.2, 0.25) is 0 Å². The van der Waals surface area contributed by atoms with Gasteiger partial charge in [0.2, 0.25) is 5.69 Å². The number of benzene rings is 1. The molecule has 21 heavy (non-hydrogen) atoms. The van der Waals surface area contributed by atoms with Crippen LogP contribution in [-0.2, 0) is 0 Å². The zero-order valence-corrected chi connectivity index (χ0v) is 11.6. The van der Waals surface area contributed by atoms with Gasteiger partial charge in [-0.2, -0.15) is 4.73 Å². The van der Waals surface area contributed by atoms with E-state index >= 15 is 0 Å². The summed E-state index contributed by atoms with van der Waals surface area (Å²) in [7, 11) is 0. The molecule has 2 heterocycles. The zero-order chi connectivity index (χ0) is 14.8. The molecule has 0 radical (unpaired) electrons. The standard InChI is InChI=1S/C15H10N2O3S/c18-16-12(14-7-4-10-21-14)8-9-13(17(19)20)15(16)11-5-2-1-3-6-11/h1-10H. The van der Waals surface area contributed by atoms with Crippen molar-refractivity contribution in [3.63, 3.8) is 0 Å². The summed E-state index contributed by atoms with van der Waals surface area (Å²) in [6, 6.07) is 15.2. The van der Waals surface area contributed by atoms with Crippen LogP contribution < -0.4 is 4.73 Å². The molecule has 6 heteroatoms. The molecule has 0 N–H and O–H groups in total. The van der Waals surface area contributed by atoms with E-state index in [1.807, 2.05) is 17.5 Å². The topological polar surface area (TPSA) is 70.1 Å². The van der Waals surface area contributed by atoms with Crippen LogP contribution >= 0.6 is 11.3 Å². The van der Waals surface area contributed by atoms with Gasteiger partial charge in [-0.25, -0.2) is 0 Å². The monoisotopic (exact) mass is 298 g/mol. The number of rotatable bonds is 3. The second kappa shape index (κ2) is 5.34. The average molecular weight is 298 g/mol. The Hall–Kier alpha value is -2.73. The number of nitro groups is 1. The number of thiophene rings is 1. The van der Waals surface area contributed by atoms with Crippen LogP contribution in [0.25, 0.3) is 21.8 Å². The van der Waals surface area contributed by atoms with Crippen LogP contribution in [0.4, 0.5) is 5.69 Å². The summed E-state index contributed by atoms with van der Waals surface area (Å²) in [5.74, 6) is 0. The number of aromatic nitrogens is 1. The Morgan fingerprint density at radius 2 is 1.76 bits per heavy atom. The van der Waals surface area contributed by atoms with E-state index < -0.39 is 4.92 Å². The summed E-state index contributed by atoms with van der Waals surface area (Å²) >= 11 is 1.42. The van der Waals surface area contributed by atoms with Gasteiger partial charge in [0.1, 0.15) is 0 Å². The van der Waals surface area contributed by atoms with E-state index in [2.05, 4.69) is 0 Å². The molecule has 0 saturated heterocycles. The average Bonchev–Trinajstić information content (AvgIpc) is 3.01. The Balaban J connectivity index is 2.29. The first-order valence-corrected chi connectivity index (χ1v) is 7.06. The minimum Gasteiger partial charge on any atom is -0.618 e. The van der Waals surface area contributed by atoms with Crippen LogP contribution in [0, 0.1) is 15.3 Å². The van der Waals surface area contributed by atoms with E-state index in [0.717, 1.165) is 4.88 Å². The molecule has 1 aromatic carbocycles. The Morgan fingerprint density at radius 3 is 2.38 bits per heavy atom. The molecule has 0 saturated carbocycles. The van der Waals surface area contributed by atoms with Gasteiger partial charge < -0.3 is 5.21 Å². The maximum atomic E-state index is 12.6. The van der Waals surface area contributed by atoms with E-state index in [9.17, 15) is 15.3 Å². The lowest BCUT2D eigenvalue weighted by Crippen LogP contribution is -2.32. The molecule has 0 aliphatic rings. The zero-order valence-electron chi connectivity index (χ0n) is 10.8. The third-order valence-electron chi connectivity index (χ3n) is 3.08. The second-order valence-electron chi connectivity index (χ2n) is 4.35. The molecule has 0 unspecified atom stereocenters. The summed E-state index contributed by atoms with van der Waals surface area (Å²) < 4.78 is 0.638. The van der Waals surface area contributed by atoms with Crippen molar-refractivity contribution in [2.24, 2.45) is 0 Å². The summed E-state index contributed by atoms with van der Waals surface area (Å²) in [5, 5.41) is 25.7. The highest BCUT2D eigenvalue weighted by Gasteiger charge is 2.27. The maximum Gasteiger partial charge on any atom is 0.342 e. The molecule has 0 atom stereocenters. The number of hydrogen-bond acceptors (Lipinski definition) is 4. The lowest BCUT2D eigenvalue weighted by Gasteiger charge is -2.08. The first-order chi connectivity index (χ1) is 10.2. The lowest BCUT2D eigenvalue weighted by atomic mass is 10.1. The quantitative estimate of drug-likeness (QED) is 0.321. The highest BCUT2D eigenvalue weighted by atomic mass is 32.1. The van der Waals surface area contributed by atoms with E-state index in [4.69, 9.17) is 0 Å². The molecule has 3 aromatic rings. The molecular formula is C15H10N2O3S. The van der Waals surface area contributed by atoms with Crippen LogP contribution in [0.15, 0.2) is 60.0 Å². The summed E-state index contributed by atoms with van der Waals surface area (Å²) in [6.45, 7) is 0. The fourth-order valence-corrected chi connectivity index (χ4v) is 2.88. The van der Waals surface area contributed by atoms with Crippen molar-refractivity contribution in [3.05, 3.63) is 75.3 Å². The van der Waals surface area contributed by atoms with Gasteiger partial charge in [0.15, 0.2) is 0 Å². The van der Waals surface area contributed by atoms with E-state index in [0.29, 0.717) is 16.0 Å². The van der Waals surface area contributed by atoms with Gasteiger partial charge in [0.05, 0.1) is 15.4 Å². The second-order valence-corrected chi connectivity index (χ2v) is 5.29. The van der Waals surface area contributed by atoms with Crippen LogP contribution in [0.5, 0.6) is 0 Å². The van der Waals surface area contributed by atoms with Gasteiger partial charge in [-0.3, -0.25) is 10.1 Å². The van der Waals surface area contributed by atoms with E-state index in [1.54, 1.807) is 30.3 Å². The predicted octanol–water partition coefficient (Wildman–Crippen LogP) is 3.62. The van der Waals surface area contributed by atoms with Gasteiger partial charge in [0.25, 0.3) is 0 Å². The van der Waals surface area contributed by atoms with Crippen molar-refractivity contribution in [2.45, 2.75) is 0 Å². The smallest absolute Gasteiger partial charge is 0.342 e. The van der Waals surface area contributed by atoms with Gasteiger partial charge in [-0.1, -0.05) is 24.3 Å². The van der Waals surface area contributed by atoms with Crippen molar-refractivity contribution in [1.82, 2.24) is 0 Å². The van der Waals surface area contributed by atoms with Gasteiger partial charge in [0, 0.05) is 12.1 Å². The fourth-order valence-electron chi connectivity index (χ4n) is 2.14. The van der Waals surface area contributed by atoms with Crippen LogP contribution in [-0.4, -0.2) is 4.92 Å². The fraction of sp³-hybridized carbons (Fsp3) is 0. The SMILES string of the molecule is O=[N+]([O-])c1ccc(-c2cccs2)[n+]([O-])c1-c1ccccc1. The lowest BCUT2D eigenvalue weighted by molar-refractivity contribution is -0.586. The summed E-state index contributed by atoms with van der Waals surface area (Å²) in [5.41, 5.74) is 0.801. The molecule has 0 aliphatic carbocycles. The highest BCUT2D eigenvalue weighted by molar-refractivity contribution is 7.13. The largest absolute Gasteiger partial charge is 0.618 e. The Bertz CT molecular complexity index is 786. The number of pyridine rings is 1. The Kier molecular flexibility index (Phi) is 3.37. The van der Waals surface area contributed by atoms with Crippen molar-refractivity contribution >= 4 is 17.0 Å². The molecule has 0 amide bonds.